The van der Waals surface area contributed by atoms with Gasteiger partial charge in [-0.3, -0.25) is 0 Å². The Hall–Kier alpha value is -0.125. The molecule has 1 aliphatic heterocycles. The Bertz CT molecular complexity index is 557. The molecule has 0 atom stereocenters. The van der Waals surface area contributed by atoms with Gasteiger partial charge in [0.25, 0.3) is 0 Å². The van der Waals surface area contributed by atoms with Crippen LogP contribution in [0.3, 0.4) is 0 Å². The van der Waals surface area contributed by atoms with Crippen LogP contribution in [0.5, 0.6) is 0 Å². The van der Waals surface area contributed by atoms with Crippen molar-refractivity contribution in [3.63, 3.8) is 0 Å². The van der Waals surface area contributed by atoms with E-state index in [0.717, 1.165) is 11.0 Å². The molecule has 0 unspecified atom stereocenters. The van der Waals surface area contributed by atoms with Gasteiger partial charge in [-0.05, 0) is 44.8 Å². The molecule has 0 N–H and O–H groups in total. The lowest BCUT2D eigenvalue weighted by molar-refractivity contribution is 0.00578. The Morgan fingerprint density at radius 1 is 1.19 bits per heavy atom. The van der Waals surface area contributed by atoms with Gasteiger partial charge in [-0.25, -0.2) is 0 Å². The van der Waals surface area contributed by atoms with E-state index < -0.39 is 7.12 Å². The number of rotatable bonds is 3. The first-order valence-corrected chi connectivity index (χ1v) is 8.18. The van der Waals surface area contributed by atoms with E-state index >= 15 is 0 Å². The van der Waals surface area contributed by atoms with Crippen LogP contribution in [0.4, 0.5) is 0 Å². The van der Waals surface area contributed by atoms with Gasteiger partial charge < -0.3 is 9.31 Å². The lowest BCUT2D eigenvalue weighted by atomic mass is 9.78. The second kappa shape index (κ2) is 6.17. The molecule has 0 bridgehead atoms. The molecule has 114 valence electrons. The molecule has 0 saturated carbocycles. The molecule has 1 saturated heterocycles. The predicted octanol–water partition coefficient (Wildman–Crippen LogP) is 4.94. The smallest absolute Gasteiger partial charge is 0.400 e. The first-order valence-electron chi connectivity index (χ1n) is 6.79. The summed E-state index contributed by atoms with van der Waals surface area (Å²) >= 11 is 16.7. The van der Waals surface area contributed by atoms with Crippen molar-refractivity contribution < 1.29 is 9.31 Å². The molecule has 0 aliphatic carbocycles. The highest BCUT2D eigenvalue weighted by atomic mass is 35.5. The van der Waals surface area contributed by atoms with Gasteiger partial charge in [0, 0.05) is 5.75 Å². The SMILES string of the molecule is CC1(C)OB(C(=Cc2cccc(Cl)c2Cl)CS)OC1(C)C. The maximum absolute atomic E-state index is 6.23. The highest BCUT2D eigenvalue weighted by Gasteiger charge is 2.52. The average molecular weight is 345 g/mol. The fourth-order valence-electron chi connectivity index (χ4n) is 2.01. The van der Waals surface area contributed by atoms with Crippen molar-refractivity contribution in [1.82, 2.24) is 0 Å². The van der Waals surface area contributed by atoms with E-state index in [0.29, 0.717) is 15.8 Å². The topological polar surface area (TPSA) is 18.5 Å². The Labute approximate surface area is 142 Å². The van der Waals surface area contributed by atoms with Crippen LogP contribution in [0, 0.1) is 0 Å². The lowest BCUT2D eigenvalue weighted by Gasteiger charge is -2.32. The summed E-state index contributed by atoms with van der Waals surface area (Å²) in [5, 5.41) is 1.05. The molecule has 0 spiro atoms. The van der Waals surface area contributed by atoms with Crippen LogP contribution in [0.15, 0.2) is 23.7 Å². The van der Waals surface area contributed by atoms with Crippen LogP contribution in [0.25, 0.3) is 6.08 Å². The molecule has 1 aromatic carbocycles. The van der Waals surface area contributed by atoms with Gasteiger partial charge in [0.05, 0.1) is 21.2 Å². The minimum atomic E-state index is -0.428. The van der Waals surface area contributed by atoms with Crippen molar-refractivity contribution in [3.8, 4) is 0 Å². The van der Waals surface area contributed by atoms with Gasteiger partial charge in [0.1, 0.15) is 0 Å². The van der Waals surface area contributed by atoms with Crippen molar-refractivity contribution in [3.05, 3.63) is 39.3 Å². The standard InChI is InChI=1S/C15H19BCl2O2S/c1-14(2)15(3,4)20-16(19-14)11(9-21)8-10-6-5-7-12(17)13(10)18/h5-8,21H,9H2,1-4H3. The molecule has 1 aliphatic rings. The summed E-state index contributed by atoms with van der Waals surface area (Å²) in [7, 11) is -0.428. The summed E-state index contributed by atoms with van der Waals surface area (Å²) in [6.45, 7) is 8.09. The molecular formula is C15H19BCl2O2S. The fourth-order valence-corrected chi connectivity index (χ4v) is 2.62. The maximum atomic E-state index is 6.23. The first kappa shape index (κ1) is 17.2. The Balaban J connectivity index is 2.33. The monoisotopic (exact) mass is 344 g/mol. The molecule has 2 rings (SSSR count). The van der Waals surface area contributed by atoms with E-state index in [2.05, 4.69) is 12.6 Å². The second-order valence-electron chi connectivity index (χ2n) is 6.11. The zero-order valence-corrected chi connectivity index (χ0v) is 15.0. The summed E-state index contributed by atoms with van der Waals surface area (Å²) in [6.07, 6.45) is 1.93. The summed E-state index contributed by atoms with van der Waals surface area (Å²) < 4.78 is 12.1. The third-order valence-corrected chi connectivity index (χ3v) is 5.26. The number of benzene rings is 1. The second-order valence-corrected chi connectivity index (χ2v) is 7.21. The number of halogens is 2. The molecule has 0 aromatic heterocycles. The maximum Gasteiger partial charge on any atom is 0.491 e. The zero-order chi connectivity index (χ0) is 15.8. The Morgan fingerprint density at radius 2 is 1.76 bits per heavy atom. The quantitative estimate of drug-likeness (QED) is 0.618. The van der Waals surface area contributed by atoms with Crippen LogP contribution in [0.2, 0.25) is 10.0 Å². The molecule has 6 heteroatoms. The van der Waals surface area contributed by atoms with Crippen molar-refractivity contribution in [2.75, 3.05) is 5.75 Å². The first-order chi connectivity index (χ1) is 9.68. The van der Waals surface area contributed by atoms with Crippen LogP contribution in [0.1, 0.15) is 33.3 Å². The van der Waals surface area contributed by atoms with Crippen LogP contribution < -0.4 is 0 Å². The molecule has 1 fully saturated rings. The van der Waals surface area contributed by atoms with Crippen molar-refractivity contribution in [1.29, 1.82) is 0 Å². The normalized spacial score (nSPS) is 20.9. The molecule has 1 heterocycles. The molecule has 0 amide bonds. The van der Waals surface area contributed by atoms with E-state index in [1.54, 1.807) is 6.07 Å². The van der Waals surface area contributed by atoms with Crippen LogP contribution in [-0.4, -0.2) is 24.1 Å². The molecular weight excluding hydrogens is 326 g/mol. The number of thiol groups is 1. The van der Waals surface area contributed by atoms with Crippen molar-refractivity contribution in [2.24, 2.45) is 0 Å². The molecule has 2 nitrogen and oxygen atoms in total. The van der Waals surface area contributed by atoms with Gasteiger partial charge in [0.2, 0.25) is 0 Å². The summed E-state index contributed by atoms with van der Waals surface area (Å²) in [6, 6.07) is 5.53. The molecule has 1 aromatic rings. The Morgan fingerprint density at radius 3 is 2.29 bits per heavy atom. The highest BCUT2D eigenvalue weighted by molar-refractivity contribution is 7.80. The minimum absolute atomic E-state index is 0.377. The van der Waals surface area contributed by atoms with Gasteiger partial charge in [-0.2, -0.15) is 12.6 Å². The van der Waals surface area contributed by atoms with E-state index in [4.69, 9.17) is 32.5 Å². The Kier molecular flexibility index (Phi) is 5.06. The van der Waals surface area contributed by atoms with Crippen LogP contribution in [-0.2, 0) is 9.31 Å². The van der Waals surface area contributed by atoms with E-state index in [1.807, 2.05) is 45.9 Å². The van der Waals surface area contributed by atoms with Crippen molar-refractivity contribution in [2.45, 2.75) is 38.9 Å². The number of hydrogen-bond donors (Lipinski definition) is 1. The minimum Gasteiger partial charge on any atom is -0.400 e. The van der Waals surface area contributed by atoms with Gasteiger partial charge in [0.15, 0.2) is 0 Å². The summed E-state index contributed by atoms with van der Waals surface area (Å²) in [4.78, 5) is 0. The predicted molar refractivity (Wildman–Crippen MR) is 94.4 cm³/mol. The fraction of sp³-hybridized carbons (Fsp3) is 0.467. The third kappa shape index (κ3) is 3.45. The summed E-state index contributed by atoms with van der Waals surface area (Å²) in [5.41, 5.74) is 0.999. The molecule has 0 radical (unpaired) electrons. The summed E-state index contributed by atoms with van der Waals surface area (Å²) in [5.74, 6) is 0.514. The van der Waals surface area contributed by atoms with Gasteiger partial charge >= 0.3 is 7.12 Å². The van der Waals surface area contributed by atoms with E-state index in [1.165, 1.54) is 0 Å². The molecule has 21 heavy (non-hydrogen) atoms. The average Bonchev–Trinajstić information content (AvgIpc) is 2.60. The van der Waals surface area contributed by atoms with Crippen molar-refractivity contribution >= 4 is 49.0 Å². The third-order valence-electron chi connectivity index (χ3n) is 4.06. The lowest BCUT2D eigenvalue weighted by Crippen LogP contribution is -2.41. The van der Waals surface area contributed by atoms with Gasteiger partial charge in [-0.1, -0.05) is 41.4 Å². The van der Waals surface area contributed by atoms with E-state index in [-0.39, 0.29) is 11.2 Å². The largest absolute Gasteiger partial charge is 0.491 e. The zero-order valence-electron chi connectivity index (χ0n) is 12.6. The number of hydrogen-bond acceptors (Lipinski definition) is 3. The highest BCUT2D eigenvalue weighted by Crippen LogP contribution is 2.39. The van der Waals surface area contributed by atoms with Gasteiger partial charge in [-0.15, -0.1) is 0 Å². The van der Waals surface area contributed by atoms with E-state index in [9.17, 15) is 0 Å². The van der Waals surface area contributed by atoms with Crippen LogP contribution >= 0.6 is 35.8 Å².